The van der Waals surface area contributed by atoms with Gasteiger partial charge in [-0.05, 0) is 50.5 Å². The Bertz CT molecular complexity index is 241. The van der Waals surface area contributed by atoms with Crippen LogP contribution in [0.25, 0.3) is 0 Å². The standard InChI is InChI=1S/C16H31NO2/c1-3-13-5-6-15(17-4-2)16(11-13)19-12-14-7-9-18-10-8-14/h13-17H,3-12H2,1-2H3. The fraction of sp³-hybridized carbons (Fsp3) is 1.00. The van der Waals surface area contributed by atoms with Crippen LogP contribution >= 0.6 is 0 Å². The molecule has 1 N–H and O–H groups in total. The maximum absolute atomic E-state index is 6.30. The lowest BCUT2D eigenvalue weighted by Gasteiger charge is -2.37. The van der Waals surface area contributed by atoms with Gasteiger partial charge in [-0.15, -0.1) is 0 Å². The molecule has 1 heterocycles. The van der Waals surface area contributed by atoms with E-state index in [1.165, 1.54) is 38.5 Å². The minimum absolute atomic E-state index is 0.432. The van der Waals surface area contributed by atoms with Gasteiger partial charge in [-0.3, -0.25) is 0 Å². The van der Waals surface area contributed by atoms with Gasteiger partial charge in [0.25, 0.3) is 0 Å². The molecule has 0 spiro atoms. The number of likely N-dealkylation sites (N-methyl/N-ethyl adjacent to an activating group) is 1. The molecule has 1 saturated carbocycles. The van der Waals surface area contributed by atoms with Crippen molar-refractivity contribution in [1.29, 1.82) is 0 Å². The lowest BCUT2D eigenvalue weighted by atomic mass is 9.82. The van der Waals surface area contributed by atoms with Crippen LogP contribution in [-0.4, -0.2) is 38.5 Å². The Morgan fingerprint density at radius 3 is 2.53 bits per heavy atom. The Hall–Kier alpha value is -0.120. The van der Waals surface area contributed by atoms with Gasteiger partial charge in [0.05, 0.1) is 12.7 Å². The van der Waals surface area contributed by atoms with E-state index in [0.29, 0.717) is 12.1 Å². The van der Waals surface area contributed by atoms with Crippen molar-refractivity contribution in [2.24, 2.45) is 11.8 Å². The van der Waals surface area contributed by atoms with Gasteiger partial charge in [0.1, 0.15) is 0 Å². The predicted molar refractivity (Wildman–Crippen MR) is 78.4 cm³/mol. The third kappa shape index (κ3) is 4.73. The van der Waals surface area contributed by atoms with E-state index in [2.05, 4.69) is 19.2 Å². The maximum Gasteiger partial charge on any atom is 0.0730 e. The minimum atomic E-state index is 0.432. The van der Waals surface area contributed by atoms with Crippen molar-refractivity contribution in [2.45, 2.75) is 64.5 Å². The first-order valence-electron chi connectivity index (χ1n) is 8.26. The highest BCUT2D eigenvalue weighted by molar-refractivity contribution is 4.85. The van der Waals surface area contributed by atoms with Crippen molar-refractivity contribution in [1.82, 2.24) is 5.32 Å². The smallest absolute Gasteiger partial charge is 0.0730 e. The quantitative estimate of drug-likeness (QED) is 0.804. The van der Waals surface area contributed by atoms with Gasteiger partial charge in [-0.2, -0.15) is 0 Å². The number of hydrogen-bond donors (Lipinski definition) is 1. The Morgan fingerprint density at radius 2 is 1.84 bits per heavy atom. The Morgan fingerprint density at radius 1 is 1.05 bits per heavy atom. The van der Waals surface area contributed by atoms with E-state index < -0.39 is 0 Å². The minimum Gasteiger partial charge on any atom is -0.381 e. The normalized spacial score (nSPS) is 33.5. The van der Waals surface area contributed by atoms with E-state index in [-0.39, 0.29) is 0 Å². The van der Waals surface area contributed by atoms with Crippen molar-refractivity contribution in [3.8, 4) is 0 Å². The van der Waals surface area contributed by atoms with Gasteiger partial charge >= 0.3 is 0 Å². The highest BCUT2D eigenvalue weighted by Crippen LogP contribution is 2.29. The second-order valence-corrected chi connectivity index (χ2v) is 6.18. The fourth-order valence-corrected chi connectivity index (χ4v) is 3.44. The zero-order valence-corrected chi connectivity index (χ0v) is 12.7. The van der Waals surface area contributed by atoms with Gasteiger partial charge in [0.15, 0.2) is 0 Å². The molecule has 0 aromatic carbocycles. The number of rotatable bonds is 6. The van der Waals surface area contributed by atoms with E-state index in [4.69, 9.17) is 9.47 Å². The summed E-state index contributed by atoms with van der Waals surface area (Å²) in [5, 5.41) is 3.62. The van der Waals surface area contributed by atoms with Crippen LogP contribution in [0.5, 0.6) is 0 Å². The van der Waals surface area contributed by atoms with Gasteiger partial charge in [-0.25, -0.2) is 0 Å². The predicted octanol–water partition coefficient (Wildman–Crippen LogP) is 2.99. The topological polar surface area (TPSA) is 30.5 Å². The zero-order chi connectivity index (χ0) is 13.5. The van der Waals surface area contributed by atoms with Crippen LogP contribution in [0.1, 0.15) is 52.4 Å². The zero-order valence-electron chi connectivity index (χ0n) is 12.7. The third-order valence-corrected chi connectivity index (χ3v) is 4.83. The van der Waals surface area contributed by atoms with Gasteiger partial charge in [-0.1, -0.05) is 20.3 Å². The first-order valence-corrected chi connectivity index (χ1v) is 8.26. The molecule has 1 aliphatic carbocycles. The average Bonchev–Trinajstić information content (AvgIpc) is 2.47. The van der Waals surface area contributed by atoms with E-state index in [1.54, 1.807) is 0 Å². The molecule has 3 nitrogen and oxygen atoms in total. The molecule has 112 valence electrons. The van der Waals surface area contributed by atoms with Crippen LogP contribution < -0.4 is 5.32 Å². The molecule has 1 saturated heterocycles. The first-order chi connectivity index (χ1) is 9.33. The number of nitrogens with one attached hydrogen (secondary N) is 1. The van der Waals surface area contributed by atoms with E-state index in [0.717, 1.165) is 38.2 Å². The summed E-state index contributed by atoms with van der Waals surface area (Å²) in [7, 11) is 0. The molecule has 0 aromatic rings. The molecule has 0 radical (unpaired) electrons. The van der Waals surface area contributed by atoms with Gasteiger partial charge in [0, 0.05) is 19.3 Å². The second kappa shape index (κ2) is 8.23. The number of ether oxygens (including phenoxy) is 2. The molecule has 3 atom stereocenters. The van der Waals surface area contributed by atoms with Crippen LogP contribution in [-0.2, 0) is 9.47 Å². The Kier molecular flexibility index (Phi) is 6.62. The van der Waals surface area contributed by atoms with Crippen molar-refractivity contribution < 1.29 is 9.47 Å². The Balaban J connectivity index is 1.78. The Labute approximate surface area is 118 Å². The van der Waals surface area contributed by atoms with Crippen LogP contribution in [0.4, 0.5) is 0 Å². The summed E-state index contributed by atoms with van der Waals surface area (Å²) in [6, 6.07) is 0.577. The van der Waals surface area contributed by atoms with Gasteiger partial charge < -0.3 is 14.8 Å². The summed E-state index contributed by atoms with van der Waals surface area (Å²) < 4.78 is 11.7. The SMILES string of the molecule is CCNC1CCC(CC)CC1OCC1CCOCC1. The van der Waals surface area contributed by atoms with Crippen LogP contribution in [0.3, 0.4) is 0 Å². The number of hydrogen-bond acceptors (Lipinski definition) is 3. The molecular weight excluding hydrogens is 238 g/mol. The van der Waals surface area contributed by atoms with Crippen LogP contribution in [0, 0.1) is 11.8 Å². The van der Waals surface area contributed by atoms with Crippen LogP contribution in [0.2, 0.25) is 0 Å². The average molecular weight is 269 g/mol. The first kappa shape index (κ1) is 15.3. The maximum atomic E-state index is 6.30. The summed E-state index contributed by atoms with van der Waals surface area (Å²) in [6.07, 6.45) is 7.98. The van der Waals surface area contributed by atoms with Crippen molar-refractivity contribution in [2.75, 3.05) is 26.4 Å². The summed E-state index contributed by atoms with van der Waals surface area (Å²) in [4.78, 5) is 0. The molecule has 3 heteroatoms. The van der Waals surface area contributed by atoms with Crippen molar-refractivity contribution >= 4 is 0 Å². The van der Waals surface area contributed by atoms with E-state index in [1.807, 2.05) is 0 Å². The molecule has 0 aromatic heterocycles. The summed E-state index contributed by atoms with van der Waals surface area (Å²) in [5.74, 6) is 1.59. The summed E-state index contributed by atoms with van der Waals surface area (Å²) >= 11 is 0. The lowest BCUT2D eigenvalue weighted by molar-refractivity contribution is -0.0451. The lowest BCUT2D eigenvalue weighted by Crippen LogP contribution is -2.46. The molecule has 2 aliphatic rings. The van der Waals surface area contributed by atoms with Crippen molar-refractivity contribution in [3.05, 3.63) is 0 Å². The van der Waals surface area contributed by atoms with E-state index >= 15 is 0 Å². The molecule has 0 bridgehead atoms. The molecule has 2 fully saturated rings. The third-order valence-electron chi connectivity index (χ3n) is 4.83. The molecule has 2 rings (SSSR count). The highest BCUT2D eigenvalue weighted by atomic mass is 16.5. The largest absolute Gasteiger partial charge is 0.381 e. The summed E-state index contributed by atoms with van der Waals surface area (Å²) in [5.41, 5.74) is 0. The molecular formula is C16H31NO2. The summed E-state index contributed by atoms with van der Waals surface area (Å²) in [6.45, 7) is 8.35. The second-order valence-electron chi connectivity index (χ2n) is 6.18. The molecule has 19 heavy (non-hydrogen) atoms. The molecule has 0 amide bonds. The van der Waals surface area contributed by atoms with Gasteiger partial charge in [0.2, 0.25) is 0 Å². The van der Waals surface area contributed by atoms with Crippen LogP contribution in [0.15, 0.2) is 0 Å². The fourth-order valence-electron chi connectivity index (χ4n) is 3.44. The van der Waals surface area contributed by atoms with Crippen molar-refractivity contribution in [3.63, 3.8) is 0 Å². The molecule has 3 unspecified atom stereocenters. The highest BCUT2D eigenvalue weighted by Gasteiger charge is 2.30. The van der Waals surface area contributed by atoms with E-state index in [9.17, 15) is 0 Å². The monoisotopic (exact) mass is 269 g/mol. The molecule has 1 aliphatic heterocycles.